The van der Waals surface area contributed by atoms with E-state index in [1.165, 1.54) is 31.2 Å². The summed E-state index contributed by atoms with van der Waals surface area (Å²) in [6.45, 7) is 0.529. The van der Waals surface area contributed by atoms with Crippen LogP contribution in [0, 0.1) is 0 Å². The molecule has 0 atom stereocenters. The Morgan fingerprint density at radius 1 is 1.26 bits per heavy atom. The first kappa shape index (κ1) is 14.1. The monoisotopic (exact) mass is 261 g/mol. The lowest BCUT2D eigenvalue weighted by molar-refractivity contribution is -0.118. The van der Waals surface area contributed by atoms with E-state index in [1.807, 2.05) is 24.3 Å². The summed E-state index contributed by atoms with van der Waals surface area (Å²) in [5, 5.41) is 3.37. The van der Waals surface area contributed by atoms with Crippen LogP contribution in [0.3, 0.4) is 0 Å². The van der Waals surface area contributed by atoms with Gasteiger partial charge < -0.3 is 10.1 Å². The van der Waals surface area contributed by atoms with Gasteiger partial charge in [-0.2, -0.15) is 0 Å². The number of benzene rings is 1. The predicted molar refractivity (Wildman–Crippen MR) is 76.6 cm³/mol. The van der Waals surface area contributed by atoms with Gasteiger partial charge in [0.1, 0.15) is 11.5 Å². The molecule has 1 aromatic carbocycles. The molecule has 3 nitrogen and oxygen atoms in total. The summed E-state index contributed by atoms with van der Waals surface area (Å²) in [6.07, 6.45) is 6.49. The van der Waals surface area contributed by atoms with Crippen LogP contribution in [0.1, 0.15) is 37.7 Å². The number of hydrogen-bond donors (Lipinski definition) is 1. The van der Waals surface area contributed by atoms with Crippen LogP contribution in [0.25, 0.3) is 0 Å². The minimum atomic E-state index is 0.308. The fourth-order valence-electron chi connectivity index (χ4n) is 2.55. The molecule has 1 aliphatic carbocycles. The first-order chi connectivity index (χ1) is 9.28. The highest BCUT2D eigenvalue weighted by molar-refractivity contribution is 5.80. The summed E-state index contributed by atoms with van der Waals surface area (Å²) >= 11 is 0. The van der Waals surface area contributed by atoms with Crippen molar-refractivity contribution in [2.45, 2.75) is 44.6 Å². The molecule has 0 spiro atoms. The third-order valence-electron chi connectivity index (χ3n) is 3.79. The molecular weight excluding hydrogens is 238 g/mol. The molecule has 1 aromatic rings. The third kappa shape index (κ3) is 4.67. The van der Waals surface area contributed by atoms with Gasteiger partial charge in [0.25, 0.3) is 0 Å². The zero-order valence-corrected chi connectivity index (χ0v) is 11.7. The standard InChI is InChI=1S/C16H23NO2/c1-19-16-10-7-13(8-11-16)6-9-15(18)12-17-14-4-2-3-5-14/h7-8,10-11,14,17H,2-6,9,12H2,1H3. The first-order valence-corrected chi connectivity index (χ1v) is 7.16. The highest BCUT2D eigenvalue weighted by Crippen LogP contribution is 2.17. The molecule has 2 rings (SSSR count). The summed E-state index contributed by atoms with van der Waals surface area (Å²) in [5.41, 5.74) is 1.19. The maximum Gasteiger partial charge on any atom is 0.146 e. The predicted octanol–water partition coefficient (Wildman–Crippen LogP) is 2.73. The van der Waals surface area contributed by atoms with Crippen molar-refractivity contribution in [2.24, 2.45) is 0 Å². The molecule has 0 amide bonds. The van der Waals surface area contributed by atoms with E-state index in [2.05, 4.69) is 5.32 Å². The minimum Gasteiger partial charge on any atom is -0.497 e. The maximum atomic E-state index is 11.8. The van der Waals surface area contributed by atoms with Crippen molar-refractivity contribution in [1.82, 2.24) is 5.32 Å². The fourth-order valence-corrected chi connectivity index (χ4v) is 2.55. The lowest BCUT2D eigenvalue weighted by Gasteiger charge is -2.10. The Labute approximate surface area is 115 Å². The van der Waals surface area contributed by atoms with E-state index < -0.39 is 0 Å². The number of hydrogen-bond acceptors (Lipinski definition) is 3. The Bertz CT molecular complexity index is 394. The minimum absolute atomic E-state index is 0.308. The number of ether oxygens (including phenoxy) is 1. The van der Waals surface area contributed by atoms with Crippen LogP contribution in [0.2, 0.25) is 0 Å². The van der Waals surface area contributed by atoms with Gasteiger partial charge in [-0.3, -0.25) is 4.79 Å². The molecule has 1 aliphatic rings. The first-order valence-electron chi connectivity index (χ1n) is 7.16. The topological polar surface area (TPSA) is 38.3 Å². The Hall–Kier alpha value is -1.35. The summed E-state index contributed by atoms with van der Waals surface area (Å²) in [4.78, 5) is 11.8. The van der Waals surface area contributed by atoms with E-state index in [9.17, 15) is 4.79 Å². The molecule has 0 aromatic heterocycles. The van der Waals surface area contributed by atoms with E-state index >= 15 is 0 Å². The molecule has 19 heavy (non-hydrogen) atoms. The summed E-state index contributed by atoms with van der Waals surface area (Å²) in [5.74, 6) is 1.17. The van der Waals surface area contributed by atoms with Crippen molar-refractivity contribution in [3.8, 4) is 5.75 Å². The molecule has 1 fully saturated rings. The SMILES string of the molecule is COc1ccc(CCC(=O)CNC2CCCC2)cc1. The molecule has 0 bridgehead atoms. The third-order valence-corrected chi connectivity index (χ3v) is 3.79. The number of nitrogens with one attached hydrogen (secondary N) is 1. The Balaban J connectivity index is 1.67. The molecule has 0 aliphatic heterocycles. The molecule has 0 heterocycles. The average Bonchev–Trinajstić information content (AvgIpc) is 2.96. The van der Waals surface area contributed by atoms with Gasteiger partial charge in [0, 0.05) is 12.5 Å². The molecule has 1 N–H and O–H groups in total. The maximum absolute atomic E-state index is 11.8. The highest BCUT2D eigenvalue weighted by Gasteiger charge is 2.15. The van der Waals surface area contributed by atoms with E-state index in [1.54, 1.807) is 7.11 Å². The van der Waals surface area contributed by atoms with Gasteiger partial charge in [0.15, 0.2) is 0 Å². The van der Waals surface area contributed by atoms with Gasteiger partial charge in [-0.05, 0) is 37.0 Å². The average molecular weight is 261 g/mol. The lowest BCUT2D eigenvalue weighted by Crippen LogP contribution is -2.31. The van der Waals surface area contributed by atoms with Crippen molar-refractivity contribution in [2.75, 3.05) is 13.7 Å². The second kappa shape index (κ2) is 7.29. The van der Waals surface area contributed by atoms with Crippen molar-refractivity contribution in [3.05, 3.63) is 29.8 Å². The van der Waals surface area contributed by atoms with Crippen LogP contribution in [0.4, 0.5) is 0 Å². The van der Waals surface area contributed by atoms with Crippen LogP contribution in [-0.2, 0) is 11.2 Å². The number of aryl methyl sites for hydroxylation is 1. The number of carbonyl (C=O) groups is 1. The largest absolute Gasteiger partial charge is 0.497 e. The van der Waals surface area contributed by atoms with Crippen LogP contribution in [0.5, 0.6) is 5.75 Å². The van der Waals surface area contributed by atoms with Gasteiger partial charge in [-0.25, -0.2) is 0 Å². The van der Waals surface area contributed by atoms with Crippen LogP contribution in [-0.4, -0.2) is 25.5 Å². The van der Waals surface area contributed by atoms with Crippen LogP contribution >= 0.6 is 0 Å². The second-order valence-corrected chi connectivity index (χ2v) is 5.25. The number of carbonyl (C=O) groups excluding carboxylic acids is 1. The van der Waals surface area contributed by atoms with E-state index in [4.69, 9.17) is 4.74 Å². The Morgan fingerprint density at radius 3 is 2.58 bits per heavy atom. The van der Waals surface area contributed by atoms with Crippen molar-refractivity contribution >= 4 is 5.78 Å². The Morgan fingerprint density at radius 2 is 1.95 bits per heavy atom. The van der Waals surface area contributed by atoms with Crippen molar-refractivity contribution in [1.29, 1.82) is 0 Å². The quantitative estimate of drug-likeness (QED) is 0.820. The van der Waals surface area contributed by atoms with Gasteiger partial charge in [-0.15, -0.1) is 0 Å². The molecule has 3 heteroatoms. The fraction of sp³-hybridized carbons (Fsp3) is 0.562. The number of rotatable bonds is 7. The summed E-state index contributed by atoms with van der Waals surface area (Å²) < 4.78 is 5.11. The molecule has 0 radical (unpaired) electrons. The number of Topliss-reactive ketones (excluding diaryl/α,β-unsaturated/α-hetero) is 1. The van der Waals surface area contributed by atoms with Gasteiger partial charge in [0.2, 0.25) is 0 Å². The zero-order chi connectivity index (χ0) is 13.5. The highest BCUT2D eigenvalue weighted by atomic mass is 16.5. The molecule has 0 unspecified atom stereocenters. The molecule has 104 valence electrons. The molecular formula is C16H23NO2. The Kier molecular flexibility index (Phi) is 5.40. The van der Waals surface area contributed by atoms with Crippen LogP contribution in [0.15, 0.2) is 24.3 Å². The van der Waals surface area contributed by atoms with Gasteiger partial charge in [-0.1, -0.05) is 25.0 Å². The number of ketones is 1. The molecule has 0 saturated heterocycles. The second-order valence-electron chi connectivity index (χ2n) is 5.25. The number of methoxy groups -OCH3 is 1. The van der Waals surface area contributed by atoms with Gasteiger partial charge in [0.05, 0.1) is 13.7 Å². The summed E-state index contributed by atoms with van der Waals surface area (Å²) in [7, 11) is 1.66. The van der Waals surface area contributed by atoms with E-state index in [-0.39, 0.29) is 0 Å². The van der Waals surface area contributed by atoms with E-state index in [0.29, 0.717) is 24.8 Å². The van der Waals surface area contributed by atoms with Crippen molar-refractivity contribution in [3.63, 3.8) is 0 Å². The lowest BCUT2D eigenvalue weighted by atomic mass is 10.1. The summed E-state index contributed by atoms with van der Waals surface area (Å²) in [6, 6.07) is 8.50. The smallest absolute Gasteiger partial charge is 0.146 e. The van der Waals surface area contributed by atoms with Crippen molar-refractivity contribution < 1.29 is 9.53 Å². The van der Waals surface area contributed by atoms with Crippen LogP contribution < -0.4 is 10.1 Å². The molecule has 1 saturated carbocycles. The van der Waals surface area contributed by atoms with Gasteiger partial charge >= 0.3 is 0 Å². The zero-order valence-electron chi connectivity index (χ0n) is 11.7. The normalized spacial score (nSPS) is 15.6. The van der Waals surface area contributed by atoms with E-state index in [0.717, 1.165) is 12.2 Å².